The number of hydrogen-bond donors (Lipinski definition) is 0. The van der Waals surface area contributed by atoms with Gasteiger partial charge in [-0.05, 0) is 25.0 Å². The highest BCUT2D eigenvalue weighted by molar-refractivity contribution is 7.07. The van der Waals surface area contributed by atoms with E-state index < -0.39 is 0 Å². The Balaban J connectivity index is 2.33. The summed E-state index contributed by atoms with van der Waals surface area (Å²) in [5, 5.41) is 1.84. The zero-order valence-corrected chi connectivity index (χ0v) is 8.89. The predicted octanol–water partition coefficient (Wildman–Crippen LogP) is 3.35. The molecule has 0 N–H and O–H groups in total. The van der Waals surface area contributed by atoms with Crippen molar-refractivity contribution < 1.29 is 4.74 Å². The molecule has 0 saturated heterocycles. The van der Waals surface area contributed by atoms with Crippen molar-refractivity contribution in [2.75, 3.05) is 0 Å². The molecule has 1 radical (unpaired) electrons. The van der Waals surface area contributed by atoms with Crippen molar-refractivity contribution in [1.82, 2.24) is 4.98 Å². The third-order valence-electron chi connectivity index (χ3n) is 1.98. The molecule has 0 amide bonds. The third kappa shape index (κ3) is 1.77. The Morgan fingerprint density at radius 2 is 2.00 bits per heavy atom. The number of para-hydroxylation sites is 1. The van der Waals surface area contributed by atoms with E-state index in [4.69, 9.17) is 4.74 Å². The molecular formula is C11H10NOS. The van der Waals surface area contributed by atoms with Gasteiger partial charge in [-0.2, -0.15) is 4.98 Å². The minimum absolute atomic E-state index is 0.618. The van der Waals surface area contributed by atoms with Gasteiger partial charge < -0.3 is 4.74 Å². The minimum atomic E-state index is 0.618. The van der Waals surface area contributed by atoms with E-state index in [9.17, 15) is 0 Å². The maximum atomic E-state index is 5.65. The van der Waals surface area contributed by atoms with E-state index in [2.05, 4.69) is 10.5 Å². The van der Waals surface area contributed by atoms with E-state index in [1.165, 1.54) is 11.3 Å². The van der Waals surface area contributed by atoms with E-state index in [1.807, 2.05) is 37.4 Å². The van der Waals surface area contributed by atoms with Gasteiger partial charge in [-0.3, -0.25) is 0 Å². The number of aromatic nitrogens is 1. The molecule has 71 valence electrons. The monoisotopic (exact) mass is 204 g/mol. The minimum Gasteiger partial charge on any atom is -0.438 e. The van der Waals surface area contributed by atoms with Gasteiger partial charge in [0, 0.05) is 0 Å². The van der Waals surface area contributed by atoms with Crippen LogP contribution in [0.3, 0.4) is 0 Å². The first-order valence-corrected chi connectivity index (χ1v) is 5.21. The number of nitrogens with zero attached hydrogens (tertiary/aromatic N) is 1. The largest absolute Gasteiger partial charge is 0.438 e. The average Bonchev–Trinajstić information content (AvgIpc) is 2.64. The molecule has 2 rings (SSSR count). The summed E-state index contributed by atoms with van der Waals surface area (Å²) in [7, 11) is 0. The first kappa shape index (κ1) is 9.21. The molecule has 3 heteroatoms. The molecule has 14 heavy (non-hydrogen) atoms. The first-order chi connectivity index (χ1) is 6.77. The lowest BCUT2D eigenvalue weighted by Crippen LogP contribution is -1.90. The lowest BCUT2D eigenvalue weighted by atomic mass is 10.1. The van der Waals surface area contributed by atoms with Gasteiger partial charge in [-0.25, -0.2) is 0 Å². The van der Waals surface area contributed by atoms with Crippen molar-refractivity contribution in [2.24, 2.45) is 0 Å². The van der Waals surface area contributed by atoms with Gasteiger partial charge in [0.25, 0.3) is 0 Å². The fourth-order valence-corrected chi connectivity index (χ4v) is 1.68. The molecule has 0 aliphatic heterocycles. The molecule has 2 nitrogen and oxygen atoms in total. The van der Waals surface area contributed by atoms with Crippen molar-refractivity contribution in [1.29, 1.82) is 0 Å². The summed E-state index contributed by atoms with van der Waals surface area (Å²) in [5.41, 5.74) is 5.00. The molecule has 0 saturated carbocycles. The van der Waals surface area contributed by atoms with E-state index in [1.54, 1.807) is 0 Å². The zero-order chi connectivity index (χ0) is 9.97. The molecule has 0 unspecified atom stereocenters. The van der Waals surface area contributed by atoms with Crippen LogP contribution in [0.2, 0.25) is 0 Å². The second-order valence-corrected chi connectivity index (χ2v) is 3.75. The van der Waals surface area contributed by atoms with Crippen LogP contribution in [-0.2, 0) is 0 Å². The summed E-state index contributed by atoms with van der Waals surface area (Å²) in [6.45, 7) is 4.05. The van der Waals surface area contributed by atoms with Crippen LogP contribution in [0.5, 0.6) is 11.6 Å². The van der Waals surface area contributed by atoms with Gasteiger partial charge in [0.2, 0.25) is 5.88 Å². The van der Waals surface area contributed by atoms with Crippen molar-refractivity contribution in [3.05, 3.63) is 40.2 Å². The van der Waals surface area contributed by atoms with Gasteiger partial charge in [0.15, 0.2) is 5.51 Å². The number of thiazole rings is 1. The number of hydrogen-bond acceptors (Lipinski definition) is 3. The number of ether oxygens (including phenoxy) is 1. The van der Waals surface area contributed by atoms with E-state index in [0.29, 0.717) is 5.88 Å². The van der Waals surface area contributed by atoms with Crippen LogP contribution in [0.25, 0.3) is 0 Å². The van der Waals surface area contributed by atoms with Crippen LogP contribution in [-0.4, -0.2) is 4.98 Å². The number of rotatable bonds is 2. The van der Waals surface area contributed by atoms with Crippen molar-refractivity contribution in [3.63, 3.8) is 0 Å². The number of aryl methyl sites for hydroxylation is 2. The molecule has 0 aliphatic carbocycles. The van der Waals surface area contributed by atoms with Gasteiger partial charge >= 0.3 is 0 Å². The first-order valence-electron chi connectivity index (χ1n) is 4.33. The predicted molar refractivity (Wildman–Crippen MR) is 56.9 cm³/mol. The summed E-state index contributed by atoms with van der Waals surface area (Å²) >= 11 is 1.41. The van der Waals surface area contributed by atoms with Crippen LogP contribution in [0, 0.1) is 19.4 Å². The summed E-state index contributed by atoms with van der Waals surface area (Å²) < 4.78 is 5.65. The molecule has 0 aliphatic rings. The Hall–Kier alpha value is -1.35. The van der Waals surface area contributed by atoms with Crippen LogP contribution < -0.4 is 4.74 Å². The Morgan fingerprint density at radius 1 is 1.29 bits per heavy atom. The van der Waals surface area contributed by atoms with E-state index >= 15 is 0 Å². The highest BCUT2D eigenvalue weighted by Gasteiger charge is 2.05. The van der Waals surface area contributed by atoms with E-state index in [0.717, 1.165) is 16.9 Å². The fraction of sp³-hybridized carbons (Fsp3) is 0.182. The Bertz CT molecular complexity index is 403. The maximum absolute atomic E-state index is 5.65. The second kappa shape index (κ2) is 3.80. The lowest BCUT2D eigenvalue weighted by molar-refractivity contribution is 0.459. The van der Waals surface area contributed by atoms with Crippen molar-refractivity contribution in [2.45, 2.75) is 13.8 Å². The standard InChI is InChI=1S/C11H10NOS/c1-8-4-3-5-9(2)11(8)13-10-6-14-7-12-10/h3-6H,1-2H3. The van der Waals surface area contributed by atoms with Gasteiger partial charge in [0.05, 0.1) is 5.38 Å². The number of benzene rings is 1. The lowest BCUT2D eigenvalue weighted by Gasteiger charge is -2.08. The third-order valence-corrected chi connectivity index (χ3v) is 2.50. The summed E-state index contributed by atoms with van der Waals surface area (Å²) in [5.74, 6) is 1.51. The molecular weight excluding hydrogens is 194 g/mol. The van der Waals surface area contributed by atoms with Crippen LogP contribution in [0.15, 0.2) is 23.6 Å². The molecule has 1 aromatic heterocycles. The smallest absolute Gasteiger partial charge is 0.230 e. The topological polar surface area (TPSA) is 22.1 Å². The summed E-state index contributed by atoms with van der Waals surface area (Å²) in [6, 6.07) is 6.07. The van der Waals surface area contributed by atoms with Gasteiger partial charge in [0.1, 0.15) is 5.75 Å². The average molecular weight is 204 g/mol. The summed E-state index contributed by atoms with van der Waals surface area (Å²) in [4.78, 5) is 3.97. The van der Waals surface area contributed by atoms with Crippen LogP contribution >= 0.6 is 11.3 Å². The highest BCUT2D eigenvalue weighted by atomic mass is 32.1. The Labute approximate surface area is 87.2 Å². The SMILES string of the molecule is Cc1cccc(C)c1Oc1cs[c]n1. The Kier molecular flexibility index (Phi) is 2.50. The van der Waals surface area contributed by atoms with Crippen LogP contribution in [0.4, 0.5) is 0 Å². The summed E-state index contributed by atoms with van der Waals surface area (Å²) in [6.07, 6.45) is 0. The maximum Gasteiger partial charge on any atom is 0.230 e. The van der Waals surface area contributed by atoms with Gasteiger partial charge in [-0.15, -0.1) is 11.3 Å². The molecule has 2 aromatic rings. The Morgan fingerprint density at radius 3 is 2.57 bits per heavy atom. The van der Waals surface area contributed by atoms with Crippen LogP contribution in [0.1, 0.15) is 11.1 Å². The molecule has 1 heterocycles. The highest BCUT2D eigenvalue weighted by Crippen LogP contribution is 2.27. The molecule has 0 fully saturated rings. The second-order valence-electron chi connectivity index (χ2n) is 3.10. The fourth-order valence-electron chi connectivity index (χ4n) is 1.29. The molecule has 1 aromatic carbocycles. The van der Waals surface area contributed by atoms with E-state index in [-0.39, 0.29) is 0 Å². The molecule has 0 atom stereocenters. The van der Waals surface area contributed by atoms with Crippen molar-refractivity contribution >= 4 is 11.3 Å². The quantitative estimate of drug-likeness (QED) is 0.748. The van der Waals surface area contributed by atoms with Gasteiger partial charge in [-0.1, -0.05) is 18.2 Å². The zero-order valence-electron chi connectivity index (χ0n) is 8.07. The molecule has 0 spiro atoms. The normalized spacial score (nSPS) is 10.1. The van der Waals surface area contributed by atoms with Crippen molar-refractivity contribution in [3.8, 4) is 11.6 Å². The molecule has 0 bridgehead atoms.